The molecule has 1 saturated heterocycles. The lowest BCUT2D eigenvalue weighted by molar-refractivity contribution is -0.00629. The SMILES string of the molecule is FCCCN1CCC(Oc2ccc(C3=CCCCc4cc(OF)ccc43)cc2)C1. The molecule has 1 unspecified atom stereocenters. The second-order valence-corrected chi connectivity index (χ2v) is 7.80. The molecule has 2 aromatic rings. The normalized spacial score (nSPS) is 19.4. The fraction of sp³-hybridized carbons (Fsp3) is 0.417. The Balaban J connectivity index is 1.45. The molecule has 2 aromatic carbocycles. The summed E-state index contributed by atoms with van der Waals surface area (Å²) in [6.07, 6.45) is 6.94. The van der Waals surface area contributed by atoms with Crippen LogP contribution in [0.3, 0.4) is 0 Å². The molecule has 1 aliphatic carbocycles. The number of likely N-dealkylation sites (tertiary alicyclic amines) is 1. The van der Waals surface area contributed by atoms with Crippen molar-refractivity contribution in [1.29, 1.82) is 0 Å². The average molecular weight is 399 g/mol. The molecule has 3 nitrogen and oxygen atoms in total. The van der Waals surface area contributed by atoms with Gasteiger partial charge in [-0.15, -0.1) is 0 Å². The van der Waals surface area contributed by atoms with Gasteiger partial charge in [-0.2, -0.15) is 0 Å². The third-order valence-corrected chi connectivity index (χ3v) is 5.76. The van der Waals surface area contributed by atoms with Gasteiger partial charge in [0.25, 0.3) is 0 Å². The van der Waals surface area contributed by atoms with E-state index in [1.165, 1.54) is 5.57 Å². The summed E-state index contributed by atoms with van der Waals surface area (Å²) in [5.74, 6) is 1.12. The van der Waals surface area contributed by atoms with E-state index in [4.69, 9.17) is 4.74 Å². The molecule has 1 heterocycles. The molecular weight excluding hydrogens is 372 g/mol. The van der Waals surface area contributed by atoms with Crippen LogP contribution in [0, 0.1) is 0 Å². The van der Waals surface area contributed by atoms with Gasteiger partial charge in [0.1, 0.15) is 11.9 Å². The molecule has 5 heteroatoms. The van der Waals surface area contributed by atoms with Crippen LogP contribution < -0.4 is 9.68 Å². The third kappa shape index (κ3) is 4.78. The molecule has 0 amide bonds. The van der Waals surface area contributed by atoms with Crippen LogP contribution in [-0.2, 0) is 6.42 Å². The second-order valence-electron chi connectivity index (χ2n) is 7.80. The molecule has 154 valence electrons. The molecule has 1 aliphatic heterocycles. The molecule has 29 heavy (non-hydrogen) atoms. The lowest BCUT2D eigenvalue weighted by Crippen LogP contribution is -2.26. The van der Waals surface area contributed by atoms with Gasteiger partial charge in [-0.25, -0.2) is 0 Å². The fourth-order valence-electron chi connectivity index (χ4n) is 4.30. The molecule has 4 rings (SSSR count). The summed E-state index contributed by atoms with van der Waals surface area (Å²) >= 11 is 0. The standard InChI is InChI=1S/C24H27F2NO2/c25-13-3-14-27-15-12-22(17-27)28-20-8-6-18(7-9-20)23-5-2-1-4-19-16-21(29-26)10-11-24(19)23/h5-11,16,22H,1-4,12-15,17H2. The first kappa shape index (κ1) is 19.9. The van der Waals surface area contributed by atoms with Crippen molar-refractivity contribution in [3.63, 3.8) is 0 Å². The van der Waals surface area contributed by atoms with E-state index in [1.54, 1.807) is 12.1 Å². The van der Waals surface area contributed by atoms with Crippen molar-refractivity contribution in [3.8, 4) is 11.5 Å². The van der Waals surface area contributed by atoms with Gasteiger partial charge in [0.2, 0.25) is 0 Å². The number of hydrogen-bond acceptors (Lipinski definition) is 3. The Morgan fingerprint density at radius 3 is 2.69 bits per heavy atom. The van der Waals surface area contributed by atoms with Crippen molar-refractivity contribution in [1.82, 2.24) is 4.90 Å². The Morgan fingerprint density at radius 2 is 1.90 bits per heavy atom. The molecule has 0 N–H and O–H groups in total. The maximum Gasteiger partial charge on any atom is 0.172 e. The van der Waals surface area contributed by atoms with Crippen molar-refractivity contribution in [2.24, 2.45) is 0 Å². The monoisotopic (exact) mass is 399 g/mol. The van der Waals surface area contributed by atoms with E-state index in [-0.39, 0.29) is 18.5 Å². The minimum atomic E-state index is -0.259. The minimum absolute atomic E-state index is 0.164. The van der Waals surface area contributed by atoms with E-state index in [0.717, 1.165) is 67.8 Å². The van der Waals surface area contributed by atoms with Crippen molar-refractivity contribution < 1.29 is 18.6 Å². The predicted molar refractivity (Wildman–Crippen MR) is 111 cm³/mol. The zero-order chi connectivity index (χ0) is 20.1. The van der Waals surface area contributed by atoms with Gasteiger partial charge >= 0.3 is 0 Å². The van der Waals surface area contributed by atoms with Gasteiger partial charge in [0, 0.05) is 24.2 Å². The van der Waals surface area contributed by atoms with Gasteiger partial charge in [0.05, 0.1) is 6.67 Å². The molecule has 0 bridgehead atoms. The summed E-state index contributed by atoms with van der Waals surface area (Å²) in [5, 5.41) is 0. The quantitative estimate of drug-likeness (QED) is 0.611. The van der Waals surface area contributed by atoms with Crippen molar-refractivity contribution in [2.75, 3.05) is 26.3 Å². The second kappa shape index (κ2) is 9.40. The molecule has 2 aliphatic rings. The predicted octanol–water partition coefficient (Wildman–Crippen LogP) is 5.53. The summed E-state index contributed by atoms with van der Waals surface area (Å²) in [5.41, 5.74) is 4.55. The third-order valence-electron chi connectivity index (χ3n) is 5.76. The topological polar surface area (TPSA) is 21.7 Å². The number of alkyl halides is 1. The van der Waals surface area contributed by atoms with E-state index in [9.17, 15) is 8.92 Å². The van der Waals surface area contributed by atoms with Crippen LogP contribution in [0.2, 0.25) is 0 Å². The largest absolute Gasteiger partial charge is 0.489 e. The summed E-state index contributed by atoms with van der Waals surface area (Å²) in [4.78, 5) is 6.18. The van der Waals surface area contributed by atoms with Crippen LogP contribution in [0.25, 0.3) is 5.57 Å². The van der Waals surface area contributed by atoms with Crippen LogP contribution in [0.1, 0.15) is 42.4 Å². The van der Waals surface area contributed by atoms with Crippen molar-refractivity contribution in [2.45, 2.75) is 38.2 Å². The number of halogens is 2. The molecule has 0 saturated carbocycles. The van der Waals surface area contributed by atoms with Crippen molar-refractivity contribution in [3.05, 3.63) is 65.2 Å². The number of aryl methyl sites for hydroxylation is 1. The maximum absolute atomic E-state index is 12.6. The minimum Gasteiger partial charge on any atom is -0.489 e. The summed E-state index contributed by atoms with van der Waals surface area (Å²) in [7, 11) is 0. The fourth-order valence-corrected chi connectivity index (χ4v) is 4.30. The highest BCUT2D eigenvalue weighted by molar-refractivity contribution is 5.82. The van der Waals surface area contributed by atoms with Crippen LogP contribution >= 0.6 is 0 Å². The Morgan fingerprint density at radius 1 is 1.07 bits per heavy atom. The van der Waals surface area contributed by atoms with E-state index < -0.39 is 0 Å². The van der Waals surface area contributed by atoms with Crippen LogP contribution in [0.5, 0.6) is 11.5 Å². The van der Waals surface area contributed by atoms with Gasteiger partial charge in [-0.3, -0.25) is 14.2 Å². The highest BCUT2D eigenvalue weighted by Gasteiger charge is 2.23. The number of ether oxygens (including phenoxy) is 1. The van der Waals surface area contributed by atoms with Gasteiger partial charge in [-0.05, 0) is 78.6 Å². The summed E-state index contributed by atoms with van der Waals surface area (Å²) < 4.78 is 31.1. The Kier molecular flexibility index (Phi) is 6.45. The van der Waals surface area contributed by atoms with Gasteiger partial charge in [0.15, 0.2) is 5.75 Å². The summed E-state index contributed by atoms with van der Waals surface area (Å²) in [6, 6.07) is 13.6. The Bertz CT molecular complexity index is 850. The first-order valence-electron chi connectivity index (χ1n) is 10.4. The number of nitrogens with zero attached hydrogens (tertiary/aromatic N) is 1. The van der Waals surface area contributed by atoms with E-state index in [0.29, 0.717) is 6.42 Å². The lowest BCUT2D eigenvalue weighted by atomic mass is 9.93. The zero-order valence-electron chi connectivity index (χ0n) is 16.6. The van der Waals surface area contributed by atoms with E-state index in [2.05, 4.69) is 28.1 Å². The molecular formula is C24H27F2NO2. The number of benzene rings is 2. The first-order chi connectivity index (χ1) is 14.3. The van der Waals surface area contributed by atoms with Crippen LogP contribution in [-0.4, -0.2) is 37.3 Å². The van der Waals surface area contributed by atoms with E-state index >= 15 is 0 Å². The van der Waals surface area contributed by atoms with Gasteiger partial charge in [-0.1, -0.05) is 24.3 Å². The molecule has 1 fully saturated rings. The molecule has 1 atom stereocenters. The Labute approximate surface area is 170 Å². The first-order valence-corrected chi connectivity index (χ1v) is 10.4. The molecule has 0 aromatic heterocycles. The molecule has 0 radical (unpaired) electrons. The maximum atomic E-state index is 12.6. The average Bonchev–Trinajstić information content (AvgIpc) is 3.09. The Hall–Kier alpha value is -2.40. The van der Waals surface area contributed by atoms with Crippen molar-refractivity contribution >= 4 is 5.57 Å². The van der Waals surface area contributed by atoms with Gasteiger partial charge < -0.3 is 4.74 Å². The summed E-state index contributed by atoms with van der Waals surface area (Å²) in [6.45, 7) is 2.37. The number of allylic oxidation sites excluding steroid dienone is 1. The van der Waals surface area contributed by atoms with Crippen LogP contribution in [0.15, 0.2) is 48.5 Å². The number of rotatable bonds is 7. The number of fused-ring (bicyclic) bond motifs is 1. The van der Waals surface area contributed by atoms with E-state index in [1.807, 2.05) is 18.2 Å². The highest BCUT2D eigenvalue weighted by Crippen LogP contribution is 2.34. The molecule has 0 spiro atoms. The zero-order valence-corrected chi connectivity index (χ0v) is 16.6. The number of hydrogen-bond donors (Lipinski definition) is 0. The lowest BCUT2D eigenvalue weighted by Gasteiger charge is -2.17. The highest BCUT2D eigenvalue weighted by atomic mass is 19.3. The smallest absolute Gasteiger partial charge is 0.172 e. The van der Waals surface area contributed by atoms with Crippen LogP contribution in [0.4, 0.5) is 8.92 Å².